The number of hydrogen-bond donors (Lipinski definition) is 1. The average molecular weight is 195 g/mol. The predicted molar refractivity (Wildman–Crippen MR) is 48.1 cm³/mol. The summed E-state index contributed by atoms with van der Waals surface area (Å²) in [6.07, 6.45) is 9.19. The van der Waals surface area contributed by atoms with Crippen LogP contribution in [-0.4, -0.2) is 6.61 Å². The van der Waals surface area contributed by atoms with Gasteiger partial charge in [0.05, 0.1) is 6.61 Å². The minimum absolute atomic E-state index is 0. The van der Waals surface area contributed by atoms with Crippen LogP contribution in [0.15, 0.2) is 0 Å². The lowest BCUT2D eigenvalue weighted by molar-refractivity contribution is -0.00000290. The third kappa shape index (κ3) is 12.8. The van der Waals surface area contributed by atoms with Crippen LogP contribution < -0.4 is 18.3 Å². The van der Waals surface area contributed by atoms with Crippen molar-refractivity contribution in [1.82, 2.24) is 0 Å². The number of hydrogen-bond acceptors (Lipinski definition) is 2. The summed E-state index contributed by atoms with van der Waals surface area (Å²) in [4.78, 5) is 4.47. The second-order valence-electron chi connectivity index (χ2n) is 2.99. The number of halogens is 1. The van der Waals surface area contributed by atoms with Gasteiger partial charge in [0.2, 0.25) is 0 Å². The second kappa shape index (κ2) is 13.8. The molecule has 2 N–H and O–H groups in total. The summed E-state index contributed by atoms with van der Waals surface area (Å²) < 4.78 is 0. The van der Waals surface area contributed by atoms with E-state index < -0.39 is 0 Å². The van der Waals surface area contributed by atoms with Gasteiger partial charge in [0.1, 0.15) is 0 Å². The normalized spacial score (nSPS) is 9.50. The van der Waals surface area contributed by atoms with Crippen molar-refractivity contribution in [3.63, 3.8) is 0 Å². The van der Waals surface area contributed by atoms with Crippen LogP contribution in [0.3, 0.4) is 0 Å². The Kier molecular flexibility index (Phi) is 16.9. The van der Waals surface area contributed by atoms with Gasteiger partial charge in [-0.1, -0.05) is 45.4 Å². The zero-order chi connectivity index (χ0) is 8.36. The molecule has 0 amide bonds. The molecule has 3 heteroatoms. The van der Waals surface area contributed by atoms with Crippen molar-refractivity contribution in [2.24, 2.45) is 5.90 Å². The lowest BCUT2D eigenvalue weighted by Gasteiger charge is -1.99. The van der Waals surface area contributed by atoms with Crippen molar-refractivity contribution in [2.75, 3.05) is 6.61 Å². The van der Waals surface area contributed by atoms with Crippen molar-refractivity contribution in [3.05, 3.63) is 0 Å². The first-order valence-electron chi connectivity index (χ1n) is 4.73. The van der Waals surface area contributed by atoms with Crippen LogP contribution in [0.1, 0.15) is 51.9 Å². The summed E-state index contributed by atoms with van der Waals surface area (Å²) in [5, 5.41) is 0. The summed E-state index contributed by atoms with van der Waals surface area (Å²) in [6, 6.07) is 0. The Morgan fingerprint density at radius 3 is 1.92 bits per heavy atom. The van der Waals surface area contributed by atoms with E-state index in [2.05, 4.69) is 11.8 Å². The van der Waals surface area contributed by atoms with E-state index in [9.17, 15) is 0 Å². The largest absolute Gasteiger partial charge is 1.00 e. The molecule has 0 bridgehead atoms. The van der Waals surface area contributed by atoms with Gasteiger partial charge in [-0.25, -0.2) is 5.90 Å². The molecule has 0 fully saturated rings. The first-order chi connectivity index (χ1) is 5.41. The Balaban J connectivity index is 0. The molecule has 0 saturated carbocycles. The molecule has 0 unspecified atom stereocenters. The molecule has 0 aliphatic heterocycles. The molecule has 76 valence electrons. The Bertz CT molecular complexity index is 63.5. The monoisotopic (exact) mass is 194 g/mol. The Morgan fingerprint density at radius 2 is 1.42 bits per heavy atom. The highest BCUT2D eigenvalue weighted by Gasteiger charge is 1.89. The molecular formula is C9H21ClNO-. The maximum atomic E-state index is 4.89. The van der Waals surface area contributed by atoms with E-state index in [0.29, 0.717) is 6.61 Å². The van der Waals surface area contributed by atoms with E-state index in [4.69, 9.17) is 5.90 Å². The lowest BCUT2D eigenvalue weighted by Crippen LogP contribution is -3.00. The SMILES string of the molecule is CCCCCCCCCON.[Cl-]. The highest BCUT2D eigenvalue weighted by molar-refractivity contribution is 4.43. The van der Waals surface area contributed by atoms with Crippen molar-refractivity contribution in [2.45, 2.75) is 51.9 Å². The van der Waals surface area contributed by atoms with Gasteiger partial charge >= 0.3 is 0 Å². The van der Waals surface area contributed by atoms with E-state index in [-0.39, 0.29) is 12.4 Å². The molecule has 0 saturated heterocycles. The smallest absolute Gasteiger partial charge is 0.0679 e. The summed E-state index contributed by atoms with van der Waals surface area (Å²) in [5.41, 5.74) is 0. The van der Waals surface area contributed by atoms with Crippen molar-refractivity contribution < 1.29 is 17.2 Å². The third-order valence-electron chi connectivity index (χ3n) is 1.87. The Morgan fingerprint density at radius 1 is 0.917 bits per heavy atom. The molecule has 0 spiro atoms. The third-order valence-corrected chi connectivity index (χ3v) is 1.87. The van der Waals surface area contributed by atoms with E-state index >= 15 is 0 Å². The first-order valence-corrected chi connectivity index (χ1v) is 4.73. The van der Waals surface area contributed by atoms with Crippen LogP contribution in [0.2, 0.25) is 0 Å². The molecule has 0 heterocycles. The maximum absolute atomic E-state index is 4.89. The summed E-state index contributed by atoms with van der Waals surface area (Å²) in [6.45, 7) is 2.95. The minimum atomic E-state index is 0. The molecule has 0 aliphatic rings. The van der Waals surface area contributed by atoms with Crippen LogP contribution in [0.5, 0.6) is 0 Å². The molecular weight excluding hydrogens is 174 g/mol. The topological polar surface area (TPSA) is 35.2 Å². The van der Waals surface area contributed by atoms with Crippen LogP contribution in [-0.2, 0) is 4.84 Å². The van der Waals surface area contributed by atoms with Crippen molar-refractivity contribution in [3.8, 4) is 0 Å². The number of rotatable bonds is 8. The number of unbranched alkanes of at least 4 members (excludes halogenated alkanes) is 6. The molecule has 0 aromatic rings. The Labute approximate surface area is 82.2 Å². The zero-order valence-corrected chi connectivity index (χ0v) is 8.78. The van der Waals surface area contributed by atoms with Gasteiger partial charge < -0.3 is 17.2 Å². The molecule has 0 radical (unpaired) electrons. The zero-order valence-electron chi connectivity index (χ0n) is 8.02. The number of nitrogens with two attached hydrogens (primary N) is 1. The van der Waals surface area contributed by atoms with Crippen molar-refractivity contribution >= 4 is 0 Å². The van der Waals surface area contributed by atoms with E-state index in [1.54, 1.807) is 0 Å². The standard InChI is InChI=1S/C9H21NO.ClH/c1-2-3-4-5-6-7-8-9-11-10;/h2-10H2,1H3;1H/p-1. The predicted octanol–water partition coefficient (Wildman–Crippen LogP) is -0.369. The van der Waals surface area contributed by atoms with Gasteiger partial charge in [-0.3, -0.25) is 0 Å². The quantitative estimate of drug-likeness (QED) is 0.423. The molecule has 0 aromatic carbocycles. The van der Waals surface area contributed by atoms with E-state index in [1.165, 1.54) is 38.5 Å². The lowest BCUT2D eigenvalue weighted by atomic mass is 10.1. The highest BCUT2D eigenvalue weighted by atomic mass is 35.5. The fraction of sp³-hybridized carbons (Fsp3) is 1.00. The van der Waals surface area contributed by atoms with E-state index in [1.807, 2.05) is 0 Å². The highest BCUT2D eigenvalue weighted by Crippen LogP contribution is 2.06. The second-order valence-corrected chi connectivity index (χ2v) is 2.99. The molecule has 0 rings (SSSR count). The average Bonchev–Trinajstić information content (AvgIpc) is 2.03. The maximum Gasteiger partial charge on any atom is 0.0679 e. The van der Waals surface area contributed by atoms with Crippen LogP contribution in [0.4, 0.5) is 0 Å². The minimum Gasteiger partial charge on any atom is -1.00 e. The molecule has 0 aromatic heterocycles. The fourth-order valence-electron chi connectivity index (χ4n) is 1.14. The van der Waals surface area contributed by atoms with Gasteiger partial charge in [0.15, 0.2) is 0 Å². The van der Waals surface area contributed by atoms with Gasteiger partial charge in [-0.05, 0) is 6.42 Å². The fourth-order valence-corrected chi connectivity index (χ4v) is 1.14. The summed E-state index contributed by atoms with van der Waals surface area (Å²) >= 11 is 0. The molecule has 12 heavy (non-hydrogen) atoms. The summed E-state index contributed by atoms with van der Waals surface area (Å²) in [7, 11) is 0. The summed E-state index contributed by atoms with van der Waals surface area (Å²) in [5.74, 6) is 4.89. The molecule has 0 atom stereocenters. The van der Waals surface area contributed by atoms with Gasteiger partial charge in [-0.15, -0.1) is 0 Å². The van der Waals surface area contributed by atoms with Crippen molar-refractivity contribution in [1.29, 1.82) is 0 Å². The van der Waals surface area contributed by atoms with Crippen LogP contribution >= 0.6 is 0 Å². The van der Waals surface area contributed by atoms with Gasteiger partial charge in [0, 0.05) is 0 Å². The van der Waals surface area contributed by atoms with Crippen LogP contribution in [0, 0.1) is 0 Å². The first kappa shape index (κ1) is 14.7. The van der Waals surface area contributed by atoms with E-state index in [0.717, 1.165) is 6.42 Å². The van der Waals surface area contributed by atoms with Gasteiger partial charge in [-0.2, -0.15) is 0 Å². The molecule has 2 nitrogen and oxygen atoms in total. The molecule has 0 aliphatic carbocycles. The Hall–Kier alpha value is 0.210. The van der Waals surface area contributed by atoms with Gasteiger partial charge in [0.25, 0.3) is 0 Å². The van der Waals surface area contributed by atoms with Crippen LogP contribution in [0.25, 0.3) is 0 Å².